The minimum atomic E-state index is 0. The summed E-state index contributed by atoms with van der Waals surface area (Å²) in [4.78, 5) is 4.23. The molecule has 0 bridgehead atoms. The van der Waals surface area contributed by atoms with Gasteiger partial charge in [-0.15, -0.1) is 30.6 Å². The quantitative estimate of drug-likeness (QED) is 0.441. The topological polar surface area (TPSA) is 12.4 Å². The van der Waals surface area contributed by atoms with Gasteiger partial charge in [0.2, 0.25) is 0 Å². The molecule has 0 aromatic heterocycles. The first-order valence-corrected chi connectivity index (χ1v) is 5.81. The number of nitrogens with zero attached hydrogens (tertiary/aromatic N) is 1. The van der Waals surface area contributed by atoms with Crippen LogP contribution >= 0.6 is 57.3 Å². The lowest BCUT2D eigenvalue weighted by Crippen LogP contribution is -1.78. The van der Waals surface area contributed by atoms with Gasteiger partial charge in [-0.1, -0.05) is 28.6 Å². The van der Waals surface area contributed by atoms with E-state index in [0.717, 1.165) is 11.6 Å². The Bertz CT molecular complexity index is 137. The van der Waals surface area contributed by atoms with E-state index < -0.39 is 0 Å². The number of thioether (sulfide) groups is 1. The Hall–Kier alpha value is 1.19. The van der Waals surface area contributed by atoms with Gasteiger partial charge in [-0.3, -0.25) is 4.99 Å². The molecule has 0 fully saturated rings. The summed E-state index contributed by atoms with van der Waals surface area (Å²) in [5.74, 6) is 1.90. The van der Waals surface area contributed by atoms with E-state index in [1.807, 2.05) is 6.08 Å². The number of hydrogen-bond donors (Lipinski definition) is 0. The van der Waals surface area contributed by atoms with Crippen molar-refractivity contribution in [2.75, 3.05) is 11.6 Å². The molecular formula is C5H8INS3. The maximum absolute atomic E-state index is 4.23. The van der Waals surface area contributed by atoms with E-state index in [2.05, 4.69) is 11.6 Å². The molecule has 0 spiro atoms. The SMILES string of the molecule is C=CCSC1=NCSS1.I. The molecule has 0 aromatic carbocycles. The van der Waals surface area contributed by atoms with Gasteiger partial charge in [0.25, 0.3) is 0 Å². The van der Waals surface area contributed by atoms with Gasteiger partial charge in [0.05, 0.1) is 5.88 Å². The molecule has 0 radical (unpaired) electrons. The van der Waals surface area contributed by atoms with Crippen LogP contribution in [0.25, 0.3) is 0 Å². The van der Waals surface area contributed by atoms with Crippen LogP contribution in [0.15, 0.2) is 17.6 Å². The number of halogens is 1. The molecular weight excluding hydrogens is 297 g/mol. The van der Waals surface area contributed by atoms with Gasteiger partial charge in [0.1, 0.15) is 4.38 Å². The zero-order valence-corrected chi connectivity index (χ0v) is 10.1. The Morgan fingerprint density at radius 3 is 3.10 bits per heavy atom. The second-order valence-electron chi connectivity index (χ2n) is 1.35. The smallest absolute Gasteiger partial charge is 0.136 e. The summed E-state index contributed by atoms with van der Waals surface area (Å²) in [6.07, 6.45) is 1.90. The summed E-state index contributed by atoms with van der Waals surface area (Å²) in [5.41, 5.74) is 0. The molecule has 5 heteroatoms. The first kappa shape index (κ1) is 11.2. The minimum absolute atomic E-state index is 0. The van der Waals surface area contributed by atoms with E-state index in [1.54, 1.807) is 33.3 Å². The van der Waals surface area contributed by atoms with Crippen molar-refractivity contribution in [3.05, 3.63) is 12.7 Å². The van der Waals surface area contributed by atoms with Gasteiger partial charge in [0, 0.05) is 5.75 Å². The molecule has 1 nitrogen and oxygen atoms in total. The van der Waals surface area contributed by atoms with E-state index in [0.29, 0.717) is 0 Å². The van der Waals surface area contributed by atoms with E-state index in [-0.39, 0.29) is 24.0 Å². The van der Waals surface area contributed by atoms with Crippen LogP contribution in [0, 0.1) is 0 Å². The second kappa shape index (κ2) is 6.87. The van der Waals surface area contributed by atoms with Gasteiger partial charge >= 0.3 is 0 Å². The second-order valence-corrected chi connectivity index (χ2v) is 4.88. The highest BCUT2D eigenvalue weighted by molar-refractivity contribution is 14.0. The van der Waals surface area contributed by atoms with Crippen LogP contribution in [0.4, 0.5) is 0 Å². The summed E-state index contributed by atoms with van der Waals surface area (Å²) in [6.45, 7) is 3.63. The molecule has 1 aliphatic heterocycles. The summed E-state index contributed by atoms with van der Waals surface area (Å²) in [6, 6.07) is 0. The molecule has 0 amide bonds. The third-order valence-electron chi connectivity index (χ3n) is 0.701. The first-order chi connectivity index (χ1) is 4.43. The average molecular weight is 305 g/mol. The highest BCUT2D eigenvalue weighted by atomic mass is 127. The van der Waals surface area contributed by atoms with Gasteiger partial charge in [-0.05, 0) is 10.8 Å². The molecule has 0 N–H and O–H groups in total. The Morgan fingerprint density at radius 2 is 2.60 bits per heavy atom. The molecule has 10 heavy (non-hydrogen) atoms. The summed E-state index contributed by atoms with van der Waals surface area (Å²) >= 11 is 1.76. The molecule has 0 unspecified atom stereocenters. The van der Waals surface area contributed by atoms with E-state index >= 15 is 0 Å². The molecule has 0 atom stereocenters. The van der Waals surface area contributed by atoms with Crippen LogP contribution in [0.5, 0.6) is 0 Å². The third kappa shape index (κ3) is 4.15. The maximum Gasteiger partial charge on any atom is 0.136 e. The van der Waals surface area contributed by atoms with Crippen molar-refractivity contribution in [3.8, 4) is 0 Å². The Kier molecular flexibility index (Phi) is 7.69. The zero-order chi connectivity index (χ0) is 6.53. The van der Waals surface area contributed by atoms with Gasteiger partial charge in [-0.2, -0.15) is 0 Å². The zero-order valence-electron chi connectivity index (χ0n) is 5.28. The molecule has 0 aromatic rings. The van der Waals surface area contributed by atoms with Crippen molar-refractivity contribution in [2.24, 2.45) is 4.99 Å². The lowest BCUT2D eigenvalue weighted by Gasteiger charge is -1.90. The lowest BCUT2D eigenvalue weighted by molar-refractivity contribution is 1.42. The highest BCUT2D eigenvalue weighted by Gasteiger charge is 2.05. The van der Waals surface area contributed by atoms with Crippen molar-refractivity contribution >= 4 is 61.7 Å². The summed E-state index contributed by atoms with van der Waals surface area (Å²) in [7, 11) is 3.55. The van der Waals surface area contributed by atoms with Crippen LogP contribution in [0.1, 0.15) is 0 Å². The fourth-order valence-electron chi connectivity index (χ4n) is 0.382. The van der Waals surface area contributed by atoms with Crippen molar-refractivity contribution < 1.29 is 0 Å². The van der Waals surface area contributed by atoms with Crippen molar-refractivity contribution in [1.82, 2.24) is 0 Å². The average Bonchev–Trinajstić information content (AvgIpc) is 2.34. The van der Waals surface area contributed by atoms with Crippen molar-refractivity contribution in [1.29, 1.82) is 0 Å². The molecule has 58 valence electrons. The molecule has 0 saturated heterocycles. The van der Waals surface area contributed by atoms with E-state index in [1.165, 1.54) is 4.38 Å². The summed E-state index contributed by atoms with van der Waals surface area (Å²) < 4.78 is 1.19. The molecule has 1 rings (SSSR count). The highest BCUT2D eigenvalue weighted by Crippen LogP contribution is 2.34. The molecule has 1 heterocycles. The van der Waals surface area contributed by atoms with Crippen LogP contribution in [0.2, 0.25) is 0 Å². The van der Waals surface area contributed by atoms with Gasteiger partial charge in [0.15, 0.2) is 0 Å². The number of rotatable bonds is 2. The summed E-state index contributed by atoms with van der Waals surface area (Å²) in [5, 5.41) is 0. The van der Waals surface area contributed by atoms with Gasteiger partial charge < -0.3 is 0 Å². The fourth-order valence-corrected chi connectivity index (χ4v) is 3.45. The van der Waals surface area contributed by atoms with Crippen molar-refractivity contribution in [3.63, 3.8) is 0 Å². The largest absolute Gasteiger partial charge is 0.259 e. The standard InChI is InChI=1S/C5H7NS3.HI/c1-2-3-7-5-6-4-8-9-5;/h2H,1,3-4H2;1H. The predicted octanol–water partition coefficient (Wildman–Crippen LogP) is 3.23. The van der Waals surface area contributed by atoms with Crippen LogP contribution in [-0.2, 0) is 0 Å². The predicted molar refractivity (Wildman–Crippen MR) is 65.6 cm³/mol. The van der Waals surface area contributed by atoms with Crippen molar-refractivity contribution in [2.45, 2.75) is 0 Å². The van der Waals surface area contributed by atoms with E-state index in [4.69, 9.17) is 0 Å². The van der Waals surface area contributed by atoms with Crippen LogP contribution in [-0.4, -0.2) is 16.0 Å². The lowest BCUT2D eigenvalue weighted by atomic mass is 10.8. The Morgan fingerprint density at radius 1 is 1.80 bits per heavy atom. The molecule has 1 aliphatic rings. The third-order valence-corrected chi connectivity index (χ3v) is 4.17. The van der Waals surface area contributed by atoms with Crippen LogP contribution < -0.4 is 0 Å². The fraction of sp³-hybridized carbons (Fsp3) is 0.400. The maximum atomic E-state index is 4.23. The molecule has 0 aliphatic carbocycles. The minimum Gasteiger partial charge on any atom is -0.259 e. The Balaban J connectivity index is 0.000000810. The number of aliphatic imine (C=N–C) groups is 1. The number of hydrogen-bond acceptors (Lipinski definition) is 4. The van der Waals surface area contributed by atoms with E-state index in [9.17, 15) is 0 Å². The Labute approximate surface area is 90.3 Å². The molecule has 0 saturated carbocycles. The first-order valence-electron chi connectivity index (χ1n) is 2.51. The van der Waals surface area contributed by atoms with Gasteiger partial charge in [-0.25, -0.2) is 0 Å². The monoisotopic (exact) mass is 305 g/mol. The normalized spacial score (nSPS) is 15.8. The van der Waals surface area contributed by atoms with Crippen LogP contribution in [0.3, 0.4) is 0 Å².